The van der Waals surface area contributed by atoms with Crippen molar-refractivity contribution >= 4 is 5.91 Å². The summed E-state index contributed by atoms with van der Waals surface area (Å²) < 4.78 is 0. The standard InChI is InChI=1S/C12H13NO2.2Li/c1-12(2,3)13-10(14)8-6-4-5-7-9(8)11(13)15;;/h4-6,10H,1-3H3;;/q-2;2*+1. The largest absolute Gasteiger partial charge is 1.00 e. The van der Waals surface area contributed by atoms with Crippen molar-refractivity contribution < 1.29 is 47.6 Å². The van der Waals surface area contributed by atoms with E-state index < -0.39 is 11.8 Å². The van der Waals surface area contributed by atoms with Gasteiger partial charge in [0.1, 0.15) is 0 Å². The molecule has 1 aromatic carbocycles. The Balaban J connectivity index is 0.00000128. The van der Waals surface area contributed by atoms with Gasteiger partial charge in [0.2, 0.25) is 0 Å². The second-order valence-corrected chi connectivity index (χ2v) is 4.70. The zero-order chi connectivity index (χ0) is 11.2. The van der Waals surface area contributed by atoms with Gasteiger partial charge in [-0.15, -0.1) is 29.8 Å². The zero-order valence-electron chi connectivity index (χ0n) is 11.1. The van der Waals surface area contributed by atoms with Crippen LogP contribution in [0.15, 0.2) is 18.2 Å². The second kappa shape index (κ2) is 5.66. The average molecular weight is 217 g/mol. The number of carbonyl (C=O) groups is 1. The Hall–Kier alpha value is -0.155. The topological polar surface area (TPSA) is 43.4 Å². The van der Waals surface area contributed by atoms with Gasteiger partial charge in [0, 0.05) is 5.54 Å². The summed E-state index contributed by atoms with van der Waals surface area (Å²) in [4.78, 5) is 13.3. The molecule has 3 nitrogen and oxygen atoms in total. The molecular formula is C12H13Li2NO2. The van der Waals surface area contributed by atoms with Gasteiger partial charge in [-0.1, -0.05) is 11.8 Å². The first-order valence-electron chi connectivity index (χ1n) is 4.93. The molecule has 2 rings (SSSR count). The first-order chi connectivity index (χ1) is 6.93. The molecule has 1 aromatic rings. The van der Waals surface area contributed by atoms with Gasteiger partial charge in [-0.25, -0.2) is 0 Å². The molecule has 0 aliphatic carbocycles. The van der Waals surface area contributed by atoms with Crippen molar-refractivity contribution in [2.75, 3.05) is 0 Å². The van der Waals surface area contributed by atoms with E-state index in [-0.39, 0.29) is 43.6 Å². The number of hydrogen-bond donors (Lipinski definition) is 0. The molecule has 0 bridgehead atoms. The van der Waals surface area contributed by atoms with Gasteiger partial charge in [-0.2, -0.15) is 0 Å². The predicted octanol–water partition coefficient (Wildman–Crippen LogP) is -4.89. The van der Waals surface area contributed by atoms with Gasteiger partial charge in [-0.3, -0.25) is 0 Å². The Bertz CT molecular complexity index is 415. The van der Waals surface area contributed by atoms with Crippen LogP contribution in [0.25, 0.3) is 0 Å². The average Bonchev–Trinajstić information content (AvgIpc) is 2.39. The normalized spacial score (nSPS) is 18.2. The molecule has 0 saturated heterocycles. The Kier molecular flexibility index (Phi) is 5.61. The molecule has 0 N–H and O–H groups in total. The number of fused-ring (bicyclic) bond motifs is 1. The van der Waals surface area contributed by atoms with E-state index in [1.165, 1.54) is 4.90 Å². The minimum absolute atomic E-state index is 0. The fourth-order valence-electron chi connectivity index (χ4n) is 1.86. The van der Waals surface area contributed by atoms with Crippen molar-refractivity contribution in [3.05, 3.63) is 35.4 Å². The van der Waals surface area contributed by atoms with Gasteiger partial charge in [-0.05, 0) is 20.8 Å². The minimum Gasteiger partial charge on any atom is -0.841 e. The fraction of sp³-hybridized carbons (Fsp3) is 0.417. The molecule has 1 amide bonds. The van der Waals surface area contributed by atoms with E-state index in [0.29, 0.717) is 11.1 Å². The molecule has 1 unspecified atom stereocenters. The number of benzene rings is 1. The first-order valence-corrected chi connectivity index (χ1v) is 4.93. The molecule has 0 spiro atoms. The maximum Gasteiger partial charge on any atom is 1.00 e. The van der Waals surface area contributed by atoms with Gasteiger partial charge in [0.15, 0.2) is 5.91 Å². The molecule has 1 atom stereocenters. The van der Waals surface area contributed by atoms with Crippen molar-refractivity contribution in [3.8, 4) is 0 Å². The Labute approximate surface area is 126 Å². The van der Waals surface area contributed by atoms with Crippen LogP contribution >= 0.6 is 0 Å². The summed E-state index contributed by atoms with van der Waals surface area (Å²) in [6.07, 6.45) is -1.09. The maximum absolute atomic E-state index is 12.0. The van der Waals surface area contributed by atoms with Crippen LogP contribution in [0.4, 0.5) is 0 Å². The summed E-state index contributed by atoms with van der Waals surface area (Å²) in [5, 5.41) is 12.0. The van der Waals surface area contributed by atoms with E-state index in [1.807, 2.05) is 20.8 Å². The maximum atomic E-state index is 12.0. The number of nitrogens with zero attached hydrogens (tertiary/aromatic N) is 1. The summed E-state index contributed by atoms with van der Waals surface area (Å²) >= 11 is 0. The van der Waals surface area contributed by atoms with Crippen molar-refractivity contribution in [1.29, 1.82) is 0 Å². The number of carbonyl (C=O) groups excluding carboxylic acids is 1. The van der Waals surface area contributed by atoms with Crippen LogP contribution in [-0.2, 0) is 0 Å². The molecule has 1 aliphatic heterocycles. The SMILES string of the molecule is CC(C)(C)N1C(=O)c2[c-]cccc2C1[O-].[Li+].[Li+]. The second-order valence-electron chi connectivity index (χ2n) is 4.70. The smallest absolute Gasteiger partial charge is 0.841 e. The predicted molar refractivity (Wildman–Crippen MR) is 53.9 cm³/mol. The molecule has 0 radical (unpaired) electrons. The summed E-state index contributed by atoms with van der Waals surface area (Å²) in [7, 11) is 0. The van der Waals surface area contributed by atoms with E-state index in [2.05, 4.69) is 6.07 Å². The Morgan fingerprint density at radius 1 is 1.35 bits per heavy atom. The van der Waals surface area contributed by atoms with Crippen LogP contribution < -0.4 is 42.8 Å². The molecular weight excluding hydrogens is 204 g/mol. The van der Waals surface area contributed by atoms with Crippen molar-refractivity contribution in [1.82, 2.24) is 4.90 Å². The molecule has 80 valence electrons. The minimum atomic E-state index is -1.09. The van der Waals surface area contributed by atoms with Crippen molar-refractivity contribution in [2.24, 2.45) is 0 Å². The van der Waals surface area contributed by atoms with E-state index in [1.54, 1.807) is 18.2 Å². The van der Waals surface area contributed by atoms with Crippen molar-refractivity contribution in [3.63, 3.8) is 0 Å². The summed E-state index contributed by atoms with van der Waals surface area (Å²) in [6, 6.07) is 7.94. The Morgan fingerprint density at radius 3 is 2.41 bits per heavy atom. The third-order valence-corrected chi connectivity index (χ3v) is 2.54. The van der Waals surface area contributed by atoms with Crippen LogP contribution in [0.3, 0.4) is 0 Å². The van der Waals surface area contributed by atoms with Crippen LogP contribution in [0, 0.1) is 6.07 Å². The van der Waals surface area contributed by atoms with Gasteiger partial charge in [0.05, 0.1) is 0 Å². The monoisotopic (exact) mass is 217 g/mol. The van der Waals surface area contributed by atoms with E-state index >= 15 is 0 Å². The fourth-order valence-corrected chi connectivity index (χ4v) is 1.86. The molecule has 1 heterocycles. The van der Waals surface area contributed by atoms with Gasteiger partial charge >= 0.3 is 37.7 Å². The summed E-state index contributed by atoms with van der Waals surface area (Å²) in [5.41, 5.74) is 0.515. The molecule has 0 saturated carbocycles. The first kappa shape index (κ1) is 16.8. The third-order valence-electron chi connectivity index (χ3n) is 2.54. The van der Waals surface area contributed by atoms with E-state index in [9.17, 15) is 9.90 Å². The third kappa shape index (κ3) is 2.82. The van der Waals surface area contributed by atoms with Gasteiger partial charge < -0.3 is 14.8 Å². The van der Waals surface area contributed by atoms with Crippen LogP contribution in [0.5, 0.6) is 0 Å². The molecule has 5 heteroatoms. The quantitative estimate of drug-likeness (QED) is 0.323. The number of amides is 1. The molecule has 17 heavy (non-hydrogen) atoms. The van der Waals surface area contributed by atoms with Crippen LogP contribution in [-0.4, -0.2) is 16.3 Å². The molecule has 0 fully saturated rings. The summed E-state index contributed by atoms with van der Waals surface area (Å²) in [6.45, 7) is 5.59. The van der Waals surface area contributed by atoms with E-state index in [4.69, 9.17) is 0 Å². The Morgan fingerprint density at radius 2 is 1.94 bits per heavy atom. The number of rotatable bonds is 0. The molecule has 1 aliphatic rings. The summed E-state index contributed by atoms with van der Waals surface area (Å²) in [5.74, 6) is -0.210. The zero-order valence-corrected chi connectivity index (χ0v) is 11.1. The van der Waals surface area contributed by atoms with Crippen LogP contribution in [0.2, 0.25) is 0 Å². The van der Waals surface area contributed by atoms with E-state index in [0.717, 1.165) is 0 Å². The number of hydrogen-bond acceptors (Lipinski definition) is 2. The van der Waals surface area contributed by atoms with Gasteiger partial charge in [0.25, 0.3) is 0 Å². The van der Waals surface area contributed by atoms with Crippen molar-refractivity contribution in [2.45, 2.75) is 32.5 Å². The van der Waals surface area contributed by atoms with Crippen LogP contribution in [0.1, 0.15) is 42.9 Å². The molecule has 0 aromatic heterocycles.